The zero-order valence-corrected chi connectivity index (χ0v) is 7.50. The number of nitrogens with zero attached hydrogens (tertiary/aromatic N) is 2. The van der Waals surface area contributed by atoms with Gasteiger partial charge in [-0.15, -0.1) is 0 Å². The van der Waals surface area contributed by atoms with Crippen LogP contribution in [0.4, 0.5) is 4.39 Å². The molecule has 3 heteroatoms. The third-order valence-electron chi connectivity index (χ3n) is 2.05. The monoisotopic (exact) mass is 178 g/mol. The third-order valence-corrected chi connectivity index (χ3v) is 2.05. The summed E-state index contributed by atoms with van der Waals surface area (Å²) in [6, 6.07) is 4.70. The summed E-state index contributed by atoms with van der Waals surface area (Å²) in [4.78, 5) is 4.12. The van der Waals surface area contributed by atoms with Crippen LogP contribution < -0.4 is 0 Å². The van der Waals surface area contributed by atoms with Crippen molar-refractivity contribution in [3.8, 4) is 0 Å². The Balaban J connectivity index is 2.55. The minimum atomic E-state index is -0.228. The van der Waals surface area contributed by atoms with Crippen molar-refractivity contribution in [1.82, 2.24) is 9.55 Å². The highest BCUT2D eigenvalue weighted by Gasteiger charge is 2.01. The van der Waals surface area contributed by atoms with Gasteiger partial charge in [0.25, 0.3) is 0 Å². The molecule has 0 atom stereocenters. The topological polar surface area (TPSA) is 17.8 Å². The van der Waals surface area contributed by atoms with Crippen molar-refractivity contribution >= 4 is 11.0 Å². The molecule has 2 aromatic rings. The average Bonchev–Trinajstić information content (AvgIpc) is 2.49. The number of fused-ring (bicyclic) bond motifs is 1. The van der Waals surface area contributed by atoms with Gasteiger partial charge in [0, 0.05) is 12.6 Å². The Morgan fingerprint density at radius 3 is 3.08 bits per heavy atom. The number of hydrogen-bond acceptors (Lipinski definition) is 1. The van der Waals surface area contributed by atoms with E-state index in [0.717, 1.165) is 24.0 Å². The molecule has 0 saturated heterocycles. The number of benzene rings is 1. The van der Waals surface area contributed by atoms with Crippen LogP contribution >= 0.6 is 0 Å². The number of halogens is 1. The molecule has 0 spiro atoms. The fourth-order valence-electron chi connectivity index (χ4n) is 1.46. The summed E-state index contributed by atoms with van der Waals surface area (Å²) in [5, 5.41) is 0. The summed E-state index contributed by atoms with van der Waals surface area (Å²) in [6.45, 7) is 3.04. The van der Waals surface area contributed by atoms with Gasteiger partial charge in [0.1, 0.15) is 5.82 Å². The van der Waals surface area contributed by atoms with E-state index in [1.54, 1.807) is 12.4 Å². The predicted octanol–water partition coefficient (Wildman–Crippen LogP) is 2.59. The quantitative estimate of drug-likeness (QED) is 0.691. The molecule has 0 aliphatic heterocycles. The highest BCUT2D eigenvalue weighted by molar-refractivity contribution is 5.75. The van der Waals surface area contributed by atoms with Crippen LogP contribution in [0, 0.1) is 5.82 Å². The molecule has 0 N–H and O–H groups in total. The minimum absolute atomic E-state index is 0.228. The molecule has 0 radical (unpaired) electrons. The summed E-state index contributed by atoms with van der Waals surface area (Å²) in [7, 11) is 0. The summed E-state index contributed by atoms with van der Waals surface area (Å²) in [6.07, 6.45) is 2.82. The van der Waals surface area contributed by atoms with E-state index in [0.29, 0.717) is 0 Å². The lowest BCUT2D eigenvalue weighted by molar-refractivity contribution is 0.629. The fraction of sp³-hybridized carbons (Fsp3) is 0.300. The standard InChI is InChI=1S/C10H11FN2/c1-2-5-13-7-12-9-6-8(11)3-4-10(9)13/h3-4,6-7H,2,5H2,1H3. The van der Waals surface area contributed by atoms with Crippen LogP contribution in [0.1, 0.15) is 13.3 Å². The van der Waals surface area contributed by atoms with Gasteiger partial charge < -0.3 is 4.57 Å². The molecule has 0 aliphatic carbocycles. The zero-order valence-electron chi connectivity index (χ0n) is 7.50. The first-order chi connectivity index (χ1) is 6.31. The normalized spacial score (nSPS) is 10.9. The van der Waals surface area contributed by atoms with Gasteiger partial charge in [0.2, 0.25) is 0 Å². The first-order valence-electron chi connectivity index (χ1n) is 4.41. The molecule has 68 valence electrons. The molecule has 2 rings (SSSR count). The summed E-state index contributed by atoms with van der Waals surface area (Å²) < 4.78 is 14.8. The van der Waals surface area contributed by atoms with Gasteiger partial charge in [-0.2, -0.15) is 0 Å². The molecule has 0 bridgehead atoms. The van der Waals surface area contributed by atoms with Crippen molar-refractivity contribution in [3.63, 3.8) is 0 Å². The molecule has 0 amide bonds. The SMILES string of the molecule is CCCn1cnc2cc(F)ccc21. The smallest absolute Gasteiger partial charge is 0.125 e. The van der Waals surface area contributed by atoms with E-state index in [4.69, 9.17) is 0 Å². The average molecular weight is 178 g/mol. The number of aromatic nitrogens is 2. The molecule has 1 heterocycles. The summed E-state index contributed by atoms with van der Waals surface area (Å²) in [5.74, 6) is -0.228. The van der Waals surface area contributed by atoms with E-state index in [2.05, 4.69) is 11.9 Å². The van der Waals surface area contributed by atoms with Gasteiger partial charge in [0.05, 0.1) is 17.4 Å². The lowest BCUT2D eigenvalue weighted by Gasteiger charge is -1.99. The fourth-order valence-corrected chi connectivity index (χ4v) is 1.46. The molecule has 1 aromatic heterocycles. The number of hydrogen-bond donors (Lipinski definition) is 0. The molecule has 2 nitrogen and oxygen atoms in total. The van der Waals surface area contributed by atoms with Crippen LogP contribution in [-0.2, 0) is 6.54 Å². The second-order valence-electron chi connectivity index (χ2n) is 3.07. The van der Waals surface area contributed by atoms with Gasteiger partial charge in [0.15, 0.2) is 0 Å². The van der Waals surface area contributed by atoms with Crippen LogP contribution in [0.15, 0.2) is 24.5 Å². The molecule has 1 aromatic carbocycles. The minimum Gasteiger partial charge on any atom is -0.331 e. The Kier molecular flexibility index (Phi) is 2.00. The Bertz CT molecular complexity index is 420. The molecule has 0 aliphatic rings. The number of imidazole rings is 1. The Morgan fingerprint density at radius 2 is 2.31 bits per heavy atom. The summed E-state index contributed by atoms with van der Waals surface area (Å²) >= 11 is 0. The maximum absolute atomic E-state index is 12.8. The zero-order chi connectivity index (χ0) is 9.26. The molecule has 0 saturated carbocycles. The number of rotatable bonds is 2. The largest absolute Gasteiger partial charge is 0.331 e. The van der Waals surface area contributed by atoms with Gasteiger partial charge in [-0.25, -0.2) is 9.37 Å². The lowest BCUT2D eigenvalue weighted by Crippen LogP contribution is -1.93. The maximum Gasteiger partial charge on any atom is 0.125 e. The molecular formula is C10H11FN2. The van der Waals surface area contributed by atoms with Crippen molar-refractivity contribution in [2.75, 3.05) is 0 Å². The van der Waals surface area contributed by atoms with Crippen LogP contribution in [0.2, 0.25) is 0 Å². The van der Waals surface area contributed by atoms with Crippen LogP contribution in [0.25, 0.3) is 11.0 Å². The van der Waals surface area contributed by atoms with Crippen LogP contribution in [0.3, 0.4) is 0 Å². The van der Waals surface area contributed by atoms with E-state index in [1.807, 2.05) is 4.57 Å². The van der Waals surface area contributed by atoms with Crippen molar-refractivity contribution in [3.05, 3.63) is 30.3 Å². The van der Waals surface area contributed by atoms with Gasteiger partial charge >= 0.3 is 0 Å². The third kappa shape index (κ3) is 1.41. The molecule has 0 fully saturated rings. The maximum atomic E-state index is 12.8. The first kappa shape index (κ1) is 8.23. The molecule has 13 heavy (non-hydrogen) atoms. The van der Waals surface area contributed by atoms with E-state index >= 15 is 0 Å². The highest BCUT2D eigenvalue weighted by Crippen LogP contribution is 2.14. The number of aryl methyl sites for hydroxylation is 1. The molecular weight excluding hydrogens is 167 g/mol. The van der Waals surface area contributed by atoms with Gasteiger partial charge in [-0.05, 0) is 18.6 Å². The Hall–Kier alpha value is -1.38. The van der Waals surface area contributed by atoms with E-state index in [9.17, 15) is 4.39 Å². The van der Waals surface area contributed by atoms with Crippen LogP contribution in [0.5, 0.6) is 0 Å². The van der Waals surface area contributed by atoms with E-state index < -0.39 is 0 Å². The highest BCUT2D eigenvalue weighted by atomic mass is 19.1. The van der Waals surface area contributed by atoms with Gasteiger partial charge in [-0.1, -0.05) is 6.92 Å². The van der Waals surface area contributed by atoms with E-state index in [1.165, 1.54) is 12.1 Å². The van der Waals surface area contributed by atoms with Crippen molar-refractivity contribution in [1.29, 1.82) is 0 Å². The second kappa shape index (κ2) is 3.17. The van der Waals surface area contributed by atoms with Crippen molar-refractivity contribution in [2.24, 2.45) is 0 Å². The summed E-state index contributed by atoms with van der Waals surface area (Å²) in [5.41, 5.74) is 1.73. The second-order valence-corrected chi connectivity index (χ2v) is 3.07. The lowest BCUT2D eigenvalue weighted by atomic mass is 10.3. The Morgan fingerprint density at radius 1 is 1.46 bits per heavy atom. The van der Waals surface area contributed by atoms with Crippen LogP contribution in [-0.4, -0.2) is 9.55 Å². The van der Waals surface area contributed by atoms with Crippen molar-refractivity contribution < 1.29 is 4.39 Å². The van der Waals surface area contributed by atoms with E-state index in [-0.39, 0.29) is 5.82 Å². The van der Waals surface area contributed by atoms with Gasteiger partial charge in [-0.3, -0.25) is 0 Å². The van der Waals surface area contributed by atoms with Crippen molar-refractivity contribution in [2.45, 2.75) is 19.9 Å². The Labute approximate surface area is 76.0 Å². The first-order valence-corrected chi connectivity index (χ1v) is 4.41. The predicted molar refractivity (Wildman–Crippen MR) is 50.0 cm³/mol. The molecule has 0 unspecified atom stereocenters.